The van der Waals surface area contributed by atoms with Crippen molar-refractivity contribution in [2.24, 2.45) is 0 Å². The molecule has 1 N–H and O–H groups in total. The summed E-state index contributed by atoms with van der Waals surface area (Å²) in [5.41, 5.74) is 1.04. The third-order valence-corrected chi connectivity index (χ3v) is 4.03. The van der Waals surface area contributed by atoms with Crippen LogP contribution in [0.1, 0.15) is 25.3 Å². The van der Waals surface area contributed by atoms with E-state index in [0.29, 0.717) is 19.8 Å². The summed E-state index contributed by atoms with van der Waals surface area (Å²) in [5, 5.41) is 3.30. The lowest BCUT2D eigenvalue weighted by molar-refractivity contribution is -0.131. The van der Waals surface area contributed by atoms with E-state index in [0.717, 1.165) is 43.0 Å². The largest absolute Gasteiger partial charge is 0.486 e. The lowest BCUT2D eigenvalue weighted by atomic mass is 10.1. The summed E-state index contributed by atoms with van der Waals surface area (Å²) >= 11 is 0. The van der Waals surface area contributed by atoms with Crippen molar-refractivity contribution in [1.29, 1.82) is 0 Å². The average Bonchev–Trinajstić information content (AvgIpc) is 3.06. The predicted octanol–water partition coefficient (Wildman–Crippen LogP) is 1.56. The number of hydrogen-bond acceptors (Lipinski definition) is 4. The van der Waals surface area contributed by atoms with Crippen LogP contribution >= 0.6 is 0 Å². The van der Waals surface area contributed by atoms with E-state index in [9.17, 15) is 4.79 Å². The normalized spacial score (nSPS) is 18.6. The second-order valence-corrected chi connectivity index (χ2v) is 5.58. The van der Waals surface area contributed by atoms with Gasteiger partial charge < -0.3 is 19.7 Å². The van der Waals surface area contributed by atoms with E-state index in [1.165, 1.54) is 0 Å². The molecule has 21 heavy (non-hydrogen) atoms. The van der Waals surface area contributed by atoms with Gasteiger partial charge in [-0.2, -0.15) is 0 Å². The Morgan fingerprint density at radius 2 is 2.05 bits per heavy atom. The number of benzene rings is 1. The SMILES string of the molecule is CC(NCc1cccc2c1OCCO2)C(=O)N1CCCC1. The third-order valence-electron chi connectivity index (χ3n) is 4.03. The first kappa shape index (κ1) is 14.2. The highest BCUT2D eigenvalue weighted by Crippen LogP contribution is 2.33. The van der Waals surface area contributed by atoms with Crippen LogP contribution < -0.4 is 14.8 Å². The number of para-hydroxylation sites is 1. The van der Waals surface area contributed by atoms with Crippen molar-refractivity contribution in [3.8, 4) is 11.5 Å². The number of nitrogens with one attached hydrogen (secondary N) is 1. The Morgan fingerprint density at radius 3 is 2.86 bits per heavy atom. The molecular formula is C16H22N2O3. The minimum atomic E-state index is -0.177. The summed E-state index contributed by atoms with van der Waals surface area (Å²) < 4.78 is 11.3. The number of fused-ring (bicyclic) bond motifs is 1. The number of ether oxygens (including phenoxy) is 2. The van der Waals surface area contributed by atoms with Gasteiger partial charge in [0.25, 0.3) is 0 Å². The van der Waals surface area contributed by atoms with Crippen LogP contribution in [0.3, 0.4) is 0 Å². The number of hydrogen-bond donors (Lipinski definition) is 1. The third kappa shape index (κ3) is 3.13. The first-order valence-electron chi connectivity index (χ1n) is 7.65. The molecule has 1 unspecified atom stereocenters. The standard InChI is InChI=1S/C16H22N2O3/c1-12(16(19)18-7-2-3-8-18)17-11-13-5-4-6-14-15(13)21-10-9-20-14/h4-6,12,17H,2-3,7-11H2,1H3. The van der Waals surface area contributed by atoms with Gasteiger partial charge in [0, 0.05) is 25.2 Å². The van der Waals surface area contributed by atoms with E-state index < -0.39 is 0 Å². The van der Waals surface area contributed by atoms with Gasteiger partial charge in [0.05, 0.1) is 6.04 Å². The van der Waals surface area contributed by atoms with Crippen molar-refractivity contribution in [2.75, 3.05) is 26.3 Å². The number of nitrogens with zero attached hydrogens (tertiary/aromatic N) is 1. The zero-order valence-electron chi connectivity index (χ0n) is 12.4. The molecule has 1 aromatic rings. The number of likely N-dealkylation sites (tertiary alicyclic amines) is 1. The predicted molar refractivity (Wildman–Crippen MR) is 79.5 cm³/mol. The van der Waals surface area contributed by atoms with Gasteiger partial charge in [-0.25, -0.2) is 0 Å². The summed E-state index contributed by atoms with van der Waals surface area (Å²) in [7, 11) is 0. The van der Waals surface area contributed by atoms with E-state index in [-0.39, 0.29) is 11.9 Å². The van der Waals surface area contributed by atoms with Crippen LogP contribution in [0.5, 0.6) is 11.5 Å². The molecule has 3 rings (SSSR count). The molecule has 2 heterocycles. The molecule has 0 saturated carbocycles. The topological polar surface area (TPSA) is 50.8 Å². The van der Waals surface area contributed by atoms with Crippen LogP contribution in [0.15, 0.2) is 18.2 Å². The van der Waals surface area contributed by atoms with Crippen molar-refractivity contribution in [3.05, 3.63) is 23.8 Å². The molecule has 1 atom stereocenters. The van der Waals surface area contributed by atoms with Gasteiger partial charge in [-0.15, -0.1) is 0 Å². The first-order valence-corrected chi connectivity index (χ1v) is 7.65. The molecule has 0 bridgehead atoms. The Balaban J connectivity index is 1.61. The fourth-order valence-corrected chi connectivity index (χ4v) is 2.84. The van der Waals surface area contributed by atoms with Crippen LogP contribution in [0, 0.1) is 0 Å². The molecule has 1 saturated heterocycles. The summed E-state index contributed by atoms with van der Waals surface area (Å²) in [4.78, 5) is 14.2. The molecule has 0 spiro atoms. The minimum Gasteiger partial charge on any atom is -0.486 e. The van der Waals surface area contributed by atoms with Gasteiger partial charge in [-0.1, -0.05) is 12.1 Å². The Labute approximate surface area is 125 Å². The number of carbonyl (C=O) groups is 1. The van der Waals surface area contributed by atoms with Gasteiger partial charge in [0.15, 0.2) is 11.5 Å². The first-order chi connectivity index (χ1) is 10.3. The van der Waals surface area contributed by atoms with Crippen LogP contribution in [0.4, 0.5) is 0 Å². The van der Waals surface area contributed by atoms with E-state index in [1.54, 1.807) is 0 Å². The molecule has 2 aliphatic rings. The van der Waals surface area contributed by atoms with Crippen LogP contribution in [-0.2, 0) is 11.3 Å². The van der Waals surface area contributed by atoms with Gasteiger partial charge >= 0.3 is 0 Å². The van der Waals surface area contributed by atoms with E-state index in [2.05, 4.69) is 5.32 Å². The van der Waals surface area contributed by atoms with Gasteiger partial charge in [-0.3, -0.25) is 4.79 Å². The molecule has 1 amide bonds. The van der Waals surface area contributed by atoms with Gasteiger partial charge in [0.2, 0.25) is 5.91 Å². The molecule has 1 fully saturated rings. The average molecular weight is 290 g/mol. The lowest BCUT2D eigenvalue weighted by Crippen LogP contribution is -2.43. The van der Waals surface area contributed by atoms with Gasteiger partial charge in [-0.05, 0) is 25.8 Å². The van der Waals surface area contributed by atoms with Crippen molar-refractivity contribution < 1.29 is 14.3 Å². The Bertz CT molecular complexity index is 512. The van der Waals surface area contributed by atoms with E-state index in [4.69, 9.17) is 9.47 Å². The number of amides is 1. The fourth-order valence-electron chi connectivity index (χ4n) is 2.84. The molecule has 1 aromatic carbocycles. The zero-order valence-corrected chi connectivity index (χ0v) is 12.4. The van der Waals surface area contributed by atoms with Gasteiger partial charge in [0.1, 0.15) is 13.2 Å². The summed E-state index contributed by atoms with van der Waals surface area (Å²) in [6, 6.07) is 5.70. The monoisotopic (exact) mass is 290 g/mol. The quantitative estimate of drug-likeness (QED) is 0.914. The lowest BCUT2D eigenvalue weighted by Gasteiger charge is -2.23. The molecular weight excluding hydrogens is 268 g/mol. The van der Waals surface area contributed by atoms with E-state index >= 15 is 0 Å². The zero-order chi connectivity index (χ0) is 14.7. The smallest absolute Gasteiger partial charge is 0.239 e. The van der Waals surface area contributed by atoms with Crippen molar-refractivity contribution in [2.45, 2.75) is 32.4 Å². The molecule has 114 valence electrons. The maximum atomic E-state index is 12.3. The minimum absolute atomic E-state index is 0.177. The Hall–Kier alpha value is -1.75. The highest BCUT2D eigenvalue weighted by Gasteiger charge is 2.23. The molecule has 5 heteroatoms. The fraction of sp³-hybridized carbons (Fsp3) is 0.562. The van der Waals surface area contributed by atoms with Crippen molar-refractivity contribution in [3.63, 3.8) is 0 Å². The molecule has 2 aliphatic heterocycles. The highest BCUT2D eigenvalue weighted by atomic mass is 16.6. The van der Waals surface area contributed by atoms with Crippen LogP contribution in [-0.4, -0.2) is 43.2 Å². The maximum absolute atomic E-state index is 12.3. The summed E-state index contributed by atoms with van der Waals surface area (Å²) in [6.07, 6.45) is 2.24. The molecule has 0 aromatic heterocycles. The number of carbonyl (C=O) groups excluding carboxylic acids is 1. The maximum Gasteiger partial charge on any atom is 0.239 e. The molecule has 5 nitrogen and oxygen atoms in total. The Morgan fingerprint density at radius 1 is 1.29 bits per heavy atom. The molecule has 0 aliphatic carbocycles. The van der Waals surface area contributed by atoms with Crippen LogP contribution in [0.2, 0.25) is 0 Å². The second-order valence-electron chi connectivity index (χ2n) is 5.58. The summed E-state index contributed by atoms with van der Waals surface area (Å²) in [5.74, 6) is 1.78. The number of rotatable bonds is 4. The molecule has 0 radical (unpaired) electrons. The Kier molecular flexibility index (Phi) is 4.29. The van der Waals surface area contributed by atoms with Crippen molar-refractivity contribution in [1.82, 2.24) is 10.2 Å². The van der Waals surface area contributed by atoms with E-state index in [1.807, 2.05) is 30.0 Å². The summed E-state index contributed by atoms with van der Waals surface area (Å²) in [6.45, 7) is 5.48. The van der Waals surface area contributed by atoms with Crippen LogP contribution in [0.25, 0.3) is 0 Å². The highest BCUT2D eigenvalue weighted by molar-refractivity contribution is 5.81. The van der Waals surface area contributed by atoms with Crippen molar-refractivity contribution >= 4 is 5.91 Å². The second kappa shape index (κ2) is 6.35.